The molecule has 0 aliphatic carbocycles. The molecule has 1 aliphatic heterocycles. The van der Waals surface area contributed by atoms with Crippen molar-refractivity contribution in [3.05, 3.63) is 58.4 Å². The van der Waals surface area contributed by atoms with Crippen LogP contribution in [0, 0.1) is 5.82 Å². The molecule has 0 bridgehead atoms. The maximum Gasteiger partial charge on any atom is 0.236 e. The number of fused-ring (bicyclic) bond motifs is 2. The SMILES string of the molecule is COc1c2c(c(Br)c3ncccc13)OC(CS(=O)(=O)Nc1cccc(F)c1)C2(C)C. The summed E-state index contributed by atoms with van der Waals surface area (Å²) in [6, 6.07) is 9.04. The smallest absolute Gasteiger partial charge is 0.236 e. The Hall–Kier alpha value is -2.39. The van der Waals surface area contributed by atoms with E-state index >= 15 is 0 Å². The monoisotopic (exact) mass is 494 g/mol. The lowest BCUT2D eigenvalue weighted by molar-refractivity contribution is 0.187. The van der Waals surface area contributed by atoms with Gasteiger partial charge in [0.25, 0.3) is 0 Å². The molecule has 6 nitrogen and oxygen atoms in total. The van der Waals surface area contributed by atoms with Crippen molar-refractivity contribution < 1.29 is 22.3 Å². The molecule has 2 aromatic carbocycles. The predicted octanol–water partition coefficient (Wildman–Crippen LogP) is 4.63. The van der Waals surface area contributed by atoms with Crippen molar-refractivity contribution >= 4 is 42.5 Å². The average Bonchev–Trinajstić information content (AvgIpc) is 2.93. The molecule has 1 aromatic heterocycles. The van der Waals surface area contributed by atoms with E-state index in [4.69, 9.17) is 9.47 Å². The second-order valence-corrected chi connectivity index (χ2v) is 10.2. The maximum atomic E-state index is 13.4. The Balaban J connectivity index is 1.73. The number of sulfonamides is 1. The van der Waals surface area contributed by atoms with Gasteiger partial charge >= 0.3 is 0 Å². The second kappa shape index (κ2) is 7.39. The topological polar surface area (TPSA) is 77.5 Å². The first-order chi connectivity index (χ1) is 14.1. The minimum absolute atomic E-state index is 0.164. The molecule has 158 valence electrons. The van der Waals surface area contributed by atoms with E-state index in [0.29, 0.717) is 21.5 Å². The van der Waals surface area contributed by atoms with Gasteiger partial charge in [-0.1, -0.05) is 19.9 Å². The summed E-state index contributed by atoms with van der Waals surface area (Å²) in [4.78, 5) is 4.41. The lowest BCUT2D eigenvalue weighted by Gasteiger charge is -2.27. The van der Waals surface area contributed by atoms with Crippen LogP contribution in [0.4, 0.5) is 10.1 Å². The van der Waals surface area contributed by atoms with Gasteiger partial charge in [0.2, 0.25) is 10.0 Å². The maximum absolute atomic E-state index is 13.4. The van der Waals surface area contributed by atoms with Gasteiger partial charge in [-0.3, -0.25) is 9.71 Å². The van der Waals surface area contributed by atoms with Gasteiger partial charge in [-0.25, -0.2) is 12.8 Å². The molecule has 1 N–H and O–H groups in total. The summed E-state index contributed by atoms with van der Waals surface area (Å²) in [6.07, 6.45) is 0.977. The van der Waals surface area contributed by atoms with Gasteiger partial charge in [0.05, 0.1) is 22.8 Å². The van der Waals surface area contributed by atoms with Crippen LogP contribution in [0.25, 0.3) is 10.9 Å². The van der Waals surface area contributed by atoms with Crippen LogP contribution in [0.3, 0.4) is 0 Å². The predicted molar refractivity (Wildman–Crippen MR) is 117 cm³/mol. The number of nitrogens with one attached hydrogen (secondary N) is 1. The molecule has 0 amide bonds. The van der Waals surface area contributed by atoms with Crippen molar-refractivity contribution in [1.82, 2.24) is 4.98 Å². The Morgan fingerprint density at radius 3 is 2.77 bits per heavy atom. The van der Waals surface area contributed by atoms with Crippen molar-refractivity contribution in [2.45, 2.75) is 25.4 Å². The second-order valence-electron chi connectivity index (χ2n) is 7.67. The van der Waals surface area contributed by atoms with Gasteiger partial charge in [0, 0.05) is 22.6 Å². The summed E-state index contributed by atoms with van der Waals surface area (Å²) in [5, 5.41) is 0.809. The van der Waals surface area contributed by atoms with Crippen LogP contribution in [0.15, 0.2) is 47.1 Å². The summed E-state index contributed by atoms with van der Waals surface area (Å²) in [5.41, 5.74) is 0.940. The number of ether oxygens (including phenoxy) is 2. The third kappa shape index (κ3) is 3.50. The molecule has 0 fully saturated rings. The van der Waals surface area contributed by atoms with Crippen LogP contribution in [-0.4, -0.2) is 32.4 Å². The van der Waals surface area contributed by atoms with Gasteiger partial charge in [0.1, 0.15) is 29.2 Å². The minimum atomic E-state index is -3.82. The molecule has 30 heavy (non-hydrogen) atoms. The first kappa shape index (κ1) is 20.9. The molecule has 1 atom stereocenters. The largest absolute Gasteiger partial charge is 0.496 e. The summed E-state index contributed by atoms with van der Waals surface area (Å²) in [5.74, 6) is 0.297. The number of benzene rings is 2. The van der Waals surface area contributed by atoms with E-state index in [0.717, 1.165) is 17.0 Å². The fourth-order valence-corrected chi connectivity index (χ4v) is 5.85. The van der Waals surface area contributed by atoms with E-state index in [1.807, 2.05) is 26.0 Å². The third-order valence-electron chi connectivity index (χ3n) is 5.30. The van der Waals surface area contributed by atoms with Crippen molar-refractivity contribution in [2.24, 2.45) is 0 Å². The minimum Gasteiger partial charge on any atom is -0.496 e. The molecule has 0 saturated carbocycles. The lowest BCUT2D eigenvalue weighted by atomic mass is 9.80. The number of rotatable bonds is 5. The van der Waals surface area contributed by atoms with Crippen molar-refractivity contribution in [1.29, 1.82) is 0 Å². The van der Waals surface area contributed by atoms with E-state index < -0.39 is 27.4 Å². The first-order valence-electron chi connectivity index (χ1n) is 9.21. The van der Waals surface area contributed by atoms with E-state index in [-0.39, 0.29) is 11.4 Å². The normalized spacial score (nSPS) is 17.4. The summed E-state index contributed by atoms with van der Waals surface area (Å²) >= 11 is 3.57. The number of pyridine rings is 1. The fourth-order valence-electron chi connectivity index (χ4n) is 3.79. The molecule has 4 rings (SSSR count). The van der Waals surface area contributed by atoms with Gasteiger partial charge in [0.15, 0.2) is 0 Å². The number of hydrogen-bond donors (Lipinski definition) is 1. The highest BCUT2D eigenvalue weighted by atomic mass is 79.9. The molecular formula is C21H20BrFN2O4S. The zero-order chi connectivity index (χ0) is 21.7. The van der Waals surface area contributed by atoms with Crippen molar-refractivity contribution in [3.63, 3.8) is 0 Å². The first-order valence-corrected chi connectivity index (χ1v) is 11.7. The molecule has 1 unspecified atom stereocenters. The average molecular weight is 495 g/mol. The third-order valence-corrected chi connectivity index (χ3v) is 7.32. The molecule has 0 radical (unpaired) electrons. The Kier molecular flexibility index (Phi) is 5.14. The number of hydrogen-bond acceptors (Lipinski definition) is 5. The van der Waals surface area contributed by atoms with Gasteiger partial charge in [-0.15, -0.1) is 0 Å². The Labute approximate surface area is 182 Å². The van der Waals surface area contributed by atoms with Crippen LogP contribution < -0.4 is 14.2 Å². The number of halogens is 2. The van der Waals surface area contributed by atoms with Crippen molar-refractivity contribution in [3.8, 4) is 11.5 Å². The van der Waals surface area contributed by atoms with Gasteiger partial charge in [-0.2, -0.15) is 0 Å². The Bertz CT molecular complexity index is 1250. The standard InChI is InChI=1S/C21H20BrFN2O4S/c1-21(2)15(11-30(26,27)25-13-7-4-6-12(23)10-13)29-20-16(21)19(28-3)14-8-5-9-24-18(14)17(20)22/h4-10,15,25H,11H2,1-3H3. The Morgan fingerprint density at radius 2 is 2.07 bits per heavy atom. The zero-order valence-electron chi connectivity index (χ0n) is 16.6. The fraction of sp³-hybridized carbons (Fsp3) is 0.286. The van der Waals surface area contributed by atoms with Crippen molar-refractivity contribution in [2.75, 3.05) is 17.6 Å². The van der Waals surface area contributed by atoms with Gasteiger partial charge < -0.3 is 9.47 Å². The molecule has 0 saturated heterocycles. The highest BCUT2D eigenvalue weighted by Gasteiger charge is 2.48. The van der Waals surface area contributed by atoms with E-state index in [2.05, 4.69) is 25.6 Å². The van der Waals surface area contributed by atoms with E-state index in [1.54, 1.807) is 13.3 Å². The van der Waals surface area contributed by atoms with Crippen LogP contribution in [0.5, 0.6) is 11.5 Å². The zero-order valence-corrected chi connectivity index (χ0v) is 19.0. The summed E-state index contributed by atoms with van der Waals surface area (Å²) < 4.78 is 54.0. The quantitative estimate of drug-likeness (QED) is 0.559. The number of methoxy groups -OCH3 is 1. The number of anilines is 1. The molecule has 3 aromatic rings. The molecule has 9 heteroatoms. The van der Waals surface area contributed by atoms with Gasteiger partial charge in [-0.05, 0) is 46.3 Å². The number of aromatic nitrogens is 1. The molecular weight excluding hydrogens is 475 g/mol. The highest BCUT2D eigenvalue weighted by Crippen LogP contribution is 2.54. The van der Waals surface area contributed by atoms with Crippen LogP contribution >= 0.6 is 15.9 Å². The highest BCUT2D eigenvalue weighted by molar-refractivity contribution is 9.10. The van der Waals surface area contributed by atoms with E-state index in [9.17, 15) is 12.8 Å². The number of nitrogens with zero attached hydrogens (tertiary/aromatic N) is 1. The lowest BCUT2D eigenvalue weighted by Crippen LogP contribution is -2.40. The summed E-state index contributed by atoms with van der Waals surface area (Å²) in [6.45, 7) is 3.83. The van der Waals surface area contributed by atoms with Crippen LogP contribution in [0.2, 0.25) is 0 Å². The van der Waals surface area contributed by atoms with Crippen LogP contribution in [-0.2, 0) is 15.4 Å². The molecule has 2 heterocycles. The Morgan fingerprint density at radius 1 is 1.30 bits per heavy atom. The molecule has 1 aliphatic rings. The summed E-state index contributed by atoms with van der Waals surface area (Å²) in [7, 11) is -2.25. The molecule has 0 spiro atoms. The van der Waals surface area contributed by atoms with Crippen LogP contribution in [0.1, 0.15) is 19.4 Å². The van der Waals surface area contributed by atoms with E-state index in [1.165, 1.54) is 18.2 Å².